The van der Waals surface area contributed by atoms with Crippen LogP contribution in [0.2, 0.25) is 0 Å². The van der Waals surface area contributed by atoms with Gasteiger partial charge < -0.3 is 5.11 Å². The van der Waals surface area contributed by atoms with E-state index in [9.17, 15) is 5.11 Å². The van der Waals surface area contributed by atoms with Crippen LogP contribution in [-0.4, -0.2) is 5.11 Å². The highest BCUT2D eigenvalue weighted by molar-refractivity contribution is 7.17. The van der Waals surface area contributed by atoms with Crippen molar-refractivity contribution in [2.75, 3.05) is 0 Å². The van der Waals surface area contributed by atoms with Crippen LogP contribution in [0.15, 0.2) is 41.1 Å². The molecule has 0 aliphatic carbocycles. The Bertz CT molecular complexity index is 691. The van der Waals surface area contributed by atoms with E-state index in [0.717, 1.165) is 10.4 Å². The van der Waals surface area contributed by atoms with Crippen LogP contribution in [0.4, 0.5) is 0 Å². The van der Waals surface area contributed by atoms with Gasteiger partial charge in [0.1, 0.15) is 0 Å². The molecule has 0 atom stereocenters. The second-order valence-corrected chi connectivity index (χ2v) is 5.89. The Morgan fingerprint density at radius 2 is 1.83 bits per heavy atom. The van der Waals surface area contributed by atoms with E-state index in [1.165, 1.54) is 15.6 Å². The van der Waals surface area contributed by atoms with Crippen molar-refractivity contribution in [3.63, 3.8) is 0 Å². The molecule has 0 saturated heterocycles. The minimum atomic E-state index is 0.113. The first-order valence-electron chi connectivity index (χ1n) is 5.70. The molecule has 0 spiro atoms. The number of fused-ring (bicyclic) bond motifs is 1. The minimum absolute atomic E-state index is 0.113. The smallest absolute Gasteiger partial charge is 0.0780 e. The predicted octanol–water partition coefficient (Wildman–Crippen LogP) is 4.63. The largest absolute Gasteiger partial charge is 0.391 e. The lowest BCUT2D eigenvalue weighted by Crippen LogP contribution is -1.78. The fourth-order valence-corrected chi connectivity index (χ4v) is 3.59. The molecule has 0 saturated carbocycles. The second kappa shape index (κ2) is 5.06. The zero-order chi connectivity index (χ0) is 12.4. The van der Waals surface area contributed by atoms with Crippen LogP contribution in [0.3, 0.4) is 0 Å². The second-order valence-electron chi connectivity index (χ2n) is 3.98. The number of hydrogen-bond acceptors (Lipinski definition) is 3. The van der Waals surface area contributed by atoms with Gasteiger partial charge in [0, 0.05) is 9.58 Å². The number of aliphatic hydroxyl groups excluding tert-OH is 1. The Morgan fingerprint density at radius 3 is 2.72 bits per heavy atom. The molecular formula is C15H12OS2. The molecule has 18 heavy (non-hydrogen) atoms. The Morgan fingerprint density at radius 1 is 1.00 bits per heavy atom. The van der Waals surface area contributed by atoms with Gasteiger partial charge in [0.05, 0.1) is 6.61 Å². The van der Waals surface area contributed by atoms with E-state index < -0.39 is 0 Å². The molecule has 2 heterocycles. The van der Waals surface area contributed by atoms with Gasteiger partial charge >= 0.3 is 0 Å². The Labute approximate surface area is 114 Å². The molecule has 1 N–H and O–H groups in total. The van der Waals surface area contributed by atoms with Crippen molar-refractivity contribution < 1.29 is 5.11 Å². The fraction of sp³-hybridized carbons (Fsp3) is 0.0667. The average molecular weight is 272 g/mol. The van der Waals surface area contributed by atoms with Crippen LogP contribution in [0.25, 0.3) is 22.2 Å². The lowest BCUT2D eigenvalue weighted by Gasteiger charge is -1.94. The Balaban J connectivity index is 1.97. The molecule has 90 valence electrons. The molecule has 0 amide bonds. The molecule has 3 heteroatoms. The van der Waals surface area contributed by atoms with Gasteiger partial charge in [-0.15, -0.1) is 22.7 Å². The minimum Gasteiger partial charge on any atom is -0.391 e. The summed E-state index contributed by atoms with van der Waals surface area (Å²) in [6, 6.07) is 10.5. The van der Waals surface area contributed by atoms with Gasteiger partial charge in [0.25, 0.3) is 0 Å². The van der Waals surface area contributed by atoms with E-state index in [2.05, 4.69) is 41.8 Å². The maximum absolute atomic E-state index is 9.21. The predicted molar refractivity (Wildman–Crippen MR) is 81.0 cm³/mol. The lowest BCUT2D eigenvalue weighted by atomic mass is 10.1. The van der Waals surface area contributed by atoms with Crippen molar-refractivity contribution in [3.05, 3.63) is 57.1 Å². The topological polar surface area (TPSA) is 20.2 Å². The van der Waals surface area contributed by atoms with Gasteiger partial charge in [0.15, 0.2) is 0 Å². The third-order valence-electron chi connectivity index (χ3n) is 2.88. The van der Waals surface area contributed by atoms with Crippen LogP contribution in [0, 0.1) is 0 Å². The van der Waals surface area contributed by atoms with Gasteiger partial charge in [-0.1, -0.05) is 30.4 Å². The summed E-state index contributed by atoms with van der Waals surface area (Å²) in [7, 11) is 0. The van der Waals surface area contributed by atoms with E-state index in [1.807, 2.05) is 11.4 Å². The van der Waals surface area contributed by atoms with Crippen molar-refractivity contribution in [2.45, 2.75) is 6.61 Å². The van der Waals surface area contributed by atoms with E-state index in [-0.39, 0.29) is 6.61 Å². The molecule has 3 rings (SSSR count). The summed E-state index contributed by atoms with van der Waals surface area (Å²) < 4.78 is 1.31. The van der Waals surface area contributed by atoms with Crippen molar-refractivity contribution in [3.8, 4) is 0 Å². The van der Waals surface area contributed by atoms with E-state index in [1.54, 1.807) is 22.7 Å². The molecule has 1 aromatic carbocycles. The van der Waals surface area contributed by atoms with E-state index in [0.29, 0.717) is 0 Å². The maximum atomic E-state index is 9.21. The molecule has 0 bridgehead atoms. The summed E-state index contributed by atoms with van der Waals surface area (Å²) in [5.41, 5.74) is 2.35. The van der Waals surface area contributed by atoms with Crippen LogP contribution < -0.4 is 0 Å². The first-order chi connectivity index (χ1) is 8.88. The highest BCUT2D eigenvalue weighted by Gasteiger charge is 2.01. The first kappa shape index (κ1) is 11.7. The molecule has 2 aromatic heterocycles. The Kier molecular flexibility index (Phi) is 3.28. The van der Waals surface area contributed by atoms with Crippen LogP contribution in [-0.2, 0) is 6.61 Å². The van der Waals surface area contributed by atoms with Gasteiger partial charge in [-0.05, 0) is 39.4 Å². The summed E-state index contributed by atoms with van der Waals surface area (Å²) in [5.74, 6) is 0. The first-order valence-corrected chi connectivity index (χ1v) is 7.46. The summed E-state index contributed by atoms with van der Waals surface area (Å²) >= 11 is 3.35. The van der Waals surface area contributed by atoms with Crippen LogP contribution in [0.5, 0.6) is 0 Å². The highest BCUT2D eigenvalue weighted by atomic mass is 32.1. The van der Waals surface area contributed by atoms with Gasteiger partial charge in [0.2, 0.25) is 0 Å². The molecule has 0 aliphatic rings. The summed E-state index contributed by atoms with van der Waals surface area (Å²) in [6.07, 6.45) is 4.20. The van der Waals surface area contributed by atoms with E-state index in [4.69, 9.17) is 0 Å². The zero-order valence-corrected chi connectivity index (χ0v) is 11.3. The van der Waals surface area contributed by atoms with Crippen molar-refractivity contribution in [1.29, 1.82) is 0 Å². The third-order valence-corrected chi connectivity index (χ3v) is 4.78. The molecule has 3 aromatic rings. The molecule has 1 nitrogen and oxygen atoms in total. The third kappa shape index (κ3) is 2.12. The standard InChI is InChI=1S/C15H12OS2/c16-9-15-11(7-8-17-15)5-6-12-10-18-14-4-2-1-3-13(12)14/h1-8,10,16H,9H2/b6-5+. The lowest BCUT2D eigenvalue weighted by molar-refractivity contribution is 0.285. The van der Waals surface area contributed by atoms with E-state index >= 15 is 0 Å². The Hall–Kier alpha value is -1.42. The van der Waals surface area contributed by atoms with Crippen molar-refractivity contribution in [2.24, 2.45) is 0 Å². The zero-order valence-electron chi connectivity index (χ0n) is 9.67. The normalized spacial score (nSPS) is 11.6. The molecule has 0 aliphatic heterocycles. The van der Waals surface area contributed by atoms with Crippen molar-refractivity contribution in [1.82, 2.24) is 0 Å². The summed E-state index contributed by atoms with van der Waals surface area (Å²) in [5, 5.41) is 14.7. The number of rotatable bonds is 3. The number of hydrogen-bond donors (Lipinski definition) is 1. The molecule has 0 unspecified atom stereocenters. The monoisotopic (exact) mass is 272 g/mol. The van der Waals surface area contributed by atoms with Gasteiger partial charge in [-0.25, -0.2) is 0 Å². The van der Waals surface area contributed by atoms with Crippen LogP contribution >= 0.6 is 22.7 Å². The highest BCUT2D eigenvalue weighted by Crippen LogP contribution is 2.28. The van der Waals surface area contributed by atoms with Crippen LogP contribution in [0.1, 0.15) is 16.0 Å². The summed E-state index contributed by atoms with van der Waals surface area (Å²) in [4.78, 5) is 1.02. The van der Waals surface area contributed by atoms with Gasteiger partial charge in [-0.3, -0.25) is 0 Å². The molecule has 0 fully saturated rings. The number of thiophene rings is 2. The molecule has 0 radical (unpaired) electrons. The fourth-order valence-electron chi connectivity index (χ4n) is 1.93. The SMILES string of the molecule is OCc1sccc1/C=C/c1csc2ccccc12. The summed E-state index contributed by atoms with van der Waals surface area (Å²) in [6.45, 7) is 0.113. The maximum Gasteiger partial charge on any atom is 0.0780 e. The van der Waals surface area contributed by atoms with Crippen molar-refractivity contribution >= 4 is 44.9 Å². The number of benzene rings is 1. The number of aliphatic hydroxyl groups is 1. The quantitative estimate of drug-likeness (QED) is 0.737. The molecular weight excluding hydrogens is 260 g/mol. The average Bonchev–Trinajstić information content (AvgIpc) is 3.02. The van der Waals surface area contributed by atoms with Gasteiger partial charge in [-0.2, -0.15) is 0 Å².